The molecule has 5 aromatic carbocycles. The number of aromatic nitrogens is 2. The van der Waals surface area contributed by atoms with Gasteiger partial charge in [-0.1, -0.05) is 60.7 Å². The second-order valence-electron chi connectivity index (χ2n) is 8.91. The van der Waals surface area contributed by atoms with Crippen LogP contribution in [0.1, 0.15) is 0 Å². The van der Waals surface area contributed by atoms with Gasteiger partial charge in [-0.25, -0.2) is 4.98 Å². The smallest absolute Gasteiger partial charge is 0.227 e. The van der Waals surface area contributed by atoms with E-state index in [1.54, 1.807) is 0 Å². The molecule has 0 radical (unpaired) electrons. The van der Waals surface area contributed by atoms with E-state index in [2.05, 4.69) is 106 Å². The molecule has 0 aliphatic rings. The van der Waals surface area contributed by atoms with Crippen molar-refractivity contribution >= 4 is 38.6 Å². The van der Waals surface area contributed by atoms with Crippen molar-refractivity contribution in [1.82, 2.24) is 9.55 Å². The number of nitrogens with one attached hydrogen (secondary N) is 1. The zero-order valence-electron chi connectivity index (χ0n) is 19.8. The van der Waals surface area contributed by atoms with E-state index in [1.165, 1.54) is 32.9 Å². The van der Waals surface area contributed by atoms with E-state index in [4.69, 9.17) is 4.42 Å². The first-order valence-corrected chi connectivity index (χ1v) is 12.1. The molecule has 0 aliphatic heterocycles. The molecule has 0 amide bonds. The zero-order valence-corrected chi connectivity index (χ0v) is 19.8. The van der Waals surface area contributed by atoms with Crippen LogP contribution in [0.25, 0.3) is 61.2 Å². The second kappa shape index (κ2) is 8.14. The van der Waals surface area contributed by atoms with Crippen LogP contribution in [-0.4, -0.2) is 16.6 Å². The van der Waals surface area contributed by atoms with E-state index in [0.717, 1.165) is 28.0 Å². The highest BCUT2D eigenvalue weighted by molar-refractivity contribution is 6.10. The average molecular weight is 466 g/mol. The number of oxazole rings is 1. The molecule has 0 saturated heterocycles. The van der Waals surface area contributed by atoms with Crippen LogP contribution in [0, 0.1) is 0 Å². The van der Waals surface area contributed by atoms with Gasteiger partial charge < -0.3 is 14.3 Å². The van der Waals surface area contributed by atoms with Gasteiger partial charge in [0.2, 0.25) is 5.89 Å². The number of para-hydroxylation sites is 4. The number of fused-ring (bicyclic) bond motifs is 4. The topological polar surface area (TPSA) is 43.0 Å². The Hall–Kier alpha value is -4.83. The third kappa shape index (κ3) is 3.19. The number of nitrogens with zero attached hydrogens (tertiary/aromatic N) is 2. The maximum absolute atomic E-state index is 5.99. The first kappa shape index (κ1) is 20.5. The molecule has 4 nitrogen and oxygen atoms in total. The summed E-state index contributed by atoms with van der Waals surface area (Å²) in [6.07, 6.45) is 0. The predicted octanol–water partition coefficient (Wildman–Crippen LogP) is 8.30. The molecule has 2 aromatic heterocycles. The summed E-state index contributed by atoms with van der Waals surface area (Å²) in [5.74, 6) is 0.635. The fourth-order valence-electron chi connectivity index (χ4n) is 5.12. The Morgan fingerprint density at radius 2 is 1.39 bits per heavy atom. The molecular formula is C32H23N3O. The lowest BCUT2D eigenvalue weighted by molar-refractivity contribution is 0.620. The Balaban J connectivity index is 1.40. The summed E-state index contributed by atoms with van der Waals surface area (Å²) in [7, 11) is 1.97. The van der Waals surface area contributed by atoms with Crippen LogP contribution in [0.2, 0.25) is 0 Å². The lowest BCUT2D eigenvalue weighted by Gasteiger charge is -2.11. The third-order valence-electron chi connectivity index (χ3n) is 6.85. The van der Waals surface area contributed by atoms with E-state index < -0.39 is 0 Å². The van der Waals surface area contributed by atoms with E-state index in [1.807, 2.05) is 31.3 Å². The number of benzene rings is 5. The van der Waals surface area contributed by atoms with Gasteiger partial charge in [0, 0.05) is 40.3 Å². The van der Waals surface area contributed by atoms with Crippen molar-refractivity contribution in [2.45, 2.75) is 0 Å². The maximum Gasteiger partial charge on any atom is 0.227 e. The van der Waals surface area contributed by atoms with Crippen LogP contribution < -0.4 is 5.32 Å². The predicted molar refractivity (Wildman–Crippen MR) is 149 cm³/mol. The van der Waals surface area contributed by atoms with Crippen molar-refractivity contribution < 1.29 is 4.42 Å². The SMILES string of the molecule is CNc1ccccc1-c1ccc2c3ccccc3n(-c3ccc(-c4nc5ccccc5o4)cc3)c2c1. The van der Waals surface area contributed by atoms with E-state index in [-0.39, 0.29) is 0 Å². The van der Waals surface area contributed by atoms with Crippen molar-refractivity contribution in [2.24, 2.45) is 0 Å². The van der Waals surface area contributed by atoms with Gasteiger partial charge in [-0.3, -0.25) is 0 Å². The lowest BCUT2D eigenvalue weighted by atomic mass is 10.0. The molecular weight excluding hydrogens is 442 g/mol. The minimum atomic E-state index is 0.635. The monoisotopic (exact) mass is 465 g/mol. The summed E-state index contributed by atoms with van der Waals surface area (Å²) < 4.78 is 8.33. The number of hydrogen-bond acceptors (Lipinski definition) is 3. The number of anilines is 1. The van der Waals surface area contributed by atoms with Gasteiger partial charge in [-0.15, -0.1) is 0 Å². The first-order valence-electron chi connectivity index (χ1n) is 12.1. The van der Waals surface area contributed by atoms with Crippen molar-refractivity contribution in [1.29, 1.82) is 0 Å². The molecule has 4 heteroatoms. The lowest BCUT2D eigenvalue weighted by Crippen LogP contribution is -1.95. The van der Waals surface area contributed by atoms with Gasteiger partial charge in [-0.2, -0.15) is 0 Å². The summed E-state index contributed by atoms with van der Waals surface area (Å²) in [6.45, 7) is 0. The fourth-order valence-corrected chi connectivity index (χ4v) is 5.12. The summed E-state index contributed by atoms with van der Waals surface area (Å²) in [6, 6.07) is 40.1. The summed E-state index contributed by atoms with van der Waals surface area (Å²) >= 11 is 0. The van der Waals surface area contributed by atoms with Gasteiger partial charge in [0.15, 0.2) is 5.58 Å². The molecule has 0 aliphatic carbocycles. The van der Waals surface area contributed by atoms with Crippen LogP contribution in [0.15, 0.2) is 120 Å². The molecule has 0 atom stereocenters. The Morgan fingerprint density at radius 3 is 2.25 bits per heavy atom. The van der Waals surface area contributed by atoms with Gasteiger partial charge in [-0.05, 0) is 60.2 Å². The molecule has 1 N–H and O–H groups in total. The molecule has 0 spiro atoms. The molecule has 2 heterocycles. The maximum atomic E-state index is 5.99. The molecule has 172 valence electrons. The van der Waals surface area contributed by atoms with Crippen LogP contribution in [0.4, 0.5) is 5.69 Å². The summed E-state index contributed by atoms with van der Waals surface area (Å²) in [4.78, 5) is 4.66. The van der Waals surface area contributed by atoms with E-state index in [9.17, 15) is 0 Å². The number of rotatable bonds is 4. The quantitative estimate of drug-likeness (QED) is 0.284. The van der Waals surface area contributed by atoms with Gasteiger partial charge in [0.1, 0.15) is 5.52 Å². The van der Waals surface area contributed by atoms with Crippen molar-refractivity contribution in [3.8, 4) is 28.3 Å². The van der Waals surface area contributed by atoms with Crippen molar-refractivity contribution in [2.75, 3.05) is 12.4 Å². The molecule has 7 rings (SSSR count). The van der Waals surface area contributed by atoms with E-state index in [0.29, 0.717) is 5.89 Å². The van der Waals surface area contributed by atoms with Crippen molar-refractivity contribution in [3.05, 3.63) is 115 Å². The van der Waals surface area contributed by atoms with Crippen LogP contribution in [0.5, 0.6) is 0 Å². The van der Waals surface area contributed by atoms with Crippen LogP contribution >= 0.6 is 0 Å². The largest absolute Gasteiger partial charge is 0.436 e. The Labute approximate surface area is 208 Å². The summed E-state index contributed by atoms with van der Waals surface area (Å²) in [5, 5.41) is 5.80. The molecule has 0 bridgehead atoms. The van der Waals surface area contributed by atoms with Crippen molar-refractivity contribution in [3.63, 3.8) is 0 Å². The average Bonchev–Trinajstić information content (AvgIpc) is 3.52. The van der Waals surface area contributed by atoms with Gasteiger partial charge in [0.05, 0.1) is 11.0 Å². The van der Waals surface area contributed by atoms with E-state index >= 15 is 0 Å². The number of hydrogen-bond donors (Lipinski definition) is 1. The van der Waals surface area contributed by atoms with Gasteiger partial charge >= 0.3 is 0 Å². The Bertz CT molecular complexity index is 1840. The fraction of sp³-hybridized carbons (Fsp3) is 0.0312. The Kier molecular flexibility index (Phi) is 4.64. The standard InChI is InChI=1S/C32H23N3O/c1-33-27-10-4-2-8-24(27)22-16-19-26-25-9-3-6-12-29(25)35(30(26)20-22)23-17-14-21(15-18-23)32-34-28-11-5-7-13-31(28)36-32/h2-20,33H,1H3. The molecule has 7 aromatic rings. The second-order valence-corrected chi connectivity index (χ2v) is 8.91. The van der Waals surface area contributed by atoms with Gasteiger partial charge in [0.25, 0.3) is 0 Å². The molecule has 0 fully saturated rings. The van der Waals surface area contributed by atoms with Crippen LogP contribution in [0.3, 0.4) is 0 Å². The summed E-state index contributed by atoms with van der Waals surface area (Å²) in [5.41, 5.74) is 9.56. The molecule has 0 saturated carbocycles. The first-order chi connectivity index (χ1) is 17.8. The highest BCUT2D eigenvalue weighted by Gasteiger charge is 2.15. The molecule has 0 unspecified atom stereocenters. The zero-order chi connectivity index (χ0) is 24.1. The highest BCUT2D eigenvalue weighted by atomic mass is 16.3. The third-order valence-corrected chi connectivity index (χ3v) is 6.85. The molecule has 36 heavy (non-hydrogen) atoms. The minimum Gasteiger partial charge on any atom is -0.436 e. The van der Waals surface area contributed by atoms with Crippen LogP contribution in [-0.2, 0) is 0 Å². The minimum absolute atomic E-state index is 0.635. The normalized spacial score (nSPS) is 11.5. The highest BCUT2D eigenvalue weighted by Crippen LogP contribution is 2.37. The Morgan fingerprint density at radius 1 is 0.667 bits per heavy atom.